The Morgan fingerprint density at radius 1 is 1.42 bits per heavy atom. The molecule has 0 saturated carbocycles. The molecule has 1 aliphatic heterocycles. The van der Waals surface area contributed by atoms with Crippen molar-refractivity contribution in [2.45, 2.75) is 38.8 Å². The second-order valence-electron chi connectivity index (χ2n) is 5.06. The van der Waals surface area contributed by atoms with Gasteiger partial charge < -0.3 is 14.8 Å². The molecule has 2 N–H and O–H groups in total. The summed E-state index contributed by atoms with van der Waals surface area (Å²) in [5.74, 6) is -0.412. The van der Waals surface area contributed by atoms with Gasteiger partial charge in [-0.05, 0) is 18.8 Å². The average molecular weight is 272 g/mol. The minimum Gasteiger partial charge on any atom is -0.468 e. The molecule has 1 fully saturated rings. The van der Waals surface area contributed by atoms with Crippen LogP contribution in [0.1, 0.15) is 26.7 Å². The molecule has 1 heterocycles. The molecular formula is C13H24N2O4. The van der Waals surface area contributed by atoms with Crippen LogP contribution in [0.15, 0.2) is 0 Å². The molecule has 0 aromatic heterocycles. The number of carbonyl (C=O) groups excluding carboxylic acids is 2. The lowest BCUT2D eigenvalue weighted by atomic mass is 10.0. The van der Waals surface area contributed by atoms with Crippen LogP contribution >= 0.6 is 0 Å². The summed E-state index contributed by atoms with van der Waals surface area (Å²) in [6.07, 6.45) is 2.17. The first-order valence-corrected chi connectivity index (χ1v) is 6.74. The minimum absolute atomic E-state index is 0.0680. The third kappa shape index (κ3) is 5.57. The standard InChI is InChI=1S/C13H24N2O4/c1-9(2)12(13(17)18-3)15-8-11(16)14-7-10-5-4-6-19-10/h9-10,12,15H,4-8H2,1-3H3,(H,14,16). The van der Waals surface area contributed by atoms with Crippen molar-refractivity contribution >= 4 is 11.9 Å². The number of nitrogens with one attached hydrogen (secondary N) is 2. The number of hydrogen-bond acceptors (Lipinski definition) is 5. The highest BCUT2D eigenvalue weighted by Gasteiger charge is 2.23. The highest BCUT2D eigenvalue weighted by Crippen LogP contribution is 2.10. The second-order valence-corrected chi connectivity index (χ2v) is 5.06. The second kappa shape index (κ2) is 8.12. The number of esters is 1. The Balaban J connectivity index is 2.24. The smallest absolute Gasteiger partial charge is 0.323 e. The highest BCUT2D eigenvalue weighted by molar-refractivity contribution is 5.80. The van der Waals surface area contributed by atoms with Crippen LogP contribution < -0.4 is 10.6 Å². The lowest BCUT2D eigenvalue weighted by molar-refractivity contribution is -0.144. The predicted molar refractivity (Wildman–Crippen MR) is 70.6 cm³/mol. The third-order valence-electron chi connectivity index (χ3n) is 3.16. The number of carbonyl (C=O) groups is 2. The molecular weight excluding hydrogens is 248 g/mol. The van der Waals surface area contributed by atoms with Crippen LogP contribution in [0.3, 0.4) is 0 Å². The van der Waals surface area contributed by atoms with Crippen LogP contribution in [0.5, 0.6) is 0 Å². The Labute approximate surface area is 114 Å². The fourth-order valence-corrected chi connectivity index (χ4v) is 2.02. The van der Waals surface area contributed by atoms with Crippen molar-refractivity contribution in [3.05, 3.63) is 0 Å². The SMILES string of the molecule is COC(=O)C(NCC(=O)NCC1CCCO1)C(C)C. The molecule has 1 amide bonds. The van der Waals surface area contributed by atoms with Gasteiger partial charge in [0.25, 0.3) is 0 Å². The van der Waals surface area contributed by atoms with Gasteiger partial charge in [0.2, 0.25) is 5.91 Å². The van der Waals surface area contributed by atoms with Gasteiger partial charge in [-0.2, -0.15) is 0 Å². The molecule has 2 atom stereocenters. The zero-order valence-corrected chi connectivity index (χ0v) is 11.9. The molecule has 6 nitrogen and oxygen atoms in total. The maximum atomic E-state index is 11.7. The first-order valence-electron chi connectivity index (χ1n) is 6.74. The van der Waals surface area contributed by atoms with E-state index in [1.807, 2.05) is 13.8 Å². The van der Waals surface area contributed by atoms with Gasteiger partial charge in [-0.1, -0.05) is 13.8 Å². The van der Waals surface area contributed by atoms with E-state index in [2.05, 4.69) is 10.6 Å². The summed E-state index contributed by atoms with van der Waals surface area (Å²) >= 11 is 0. The molecule has 2 unspecified atom stereocenters. The number of ether oxygens (including phenoxy) is 2. The Morgan fingerprint density at radius 2 is 2.16 bits per heavy atom. The summed E-state index contributed by atoms with van der Waals surface area (Å²) in [5.41, 5.74) is 0. The molecule has 19 heavy (non-hydrogen) atoms. The molecule has 0 bridgehead atoms. The normalized spacial score (nSPS) is 20.3. The van der Waals surface area contributed by atoms with Gasteiger partial charge in [0, 0.05) is 13.2 Å². The van der Waals surface area contributed by atoms with Crippen LogP contribution in [-0.4, -0.2) is 50.8 Å². The highest BCUT2D eigenvalue weighted by atomic mass is 16.5. The molecule has 1 rings (SSSR count). The molecule has 0 radical (unpaired) electrons. The Kier molecular flexibility index (Phi) is 6.80. The Bertz CT molecular complexity index is 301. The van der Waals surface area contributed by atoms with E-state index in [4.69, 9.17) is 9.47 Å². The summed E-state index contributed by atoms with van der Waals surface area (Å²) in [6.45, 7) is 5.21. The van der Waals surface area contributed by atoms with E-state index in [9.17, 15) is 9.59 Å². The maximum absolute atomic E-state index is 11.7. The quantitative estimate of drug-likeness (QED) is 0.641. The zero-order valence-electron chi connectivity index (χ0n) is 11.9. The fourth-order valence-electron chi connectivity index (χ4n) is 2.02. The van der Waals surface area contributed by atoms with Gasteiger partial charge in [0.1, 0.15) is 6.04 Å². The molecule has 1 saturated heterocycles. The van der Waals surface area contributed by atoms with Crippen molar-refractivity contribution in [1.29, 1.82) is 0 Å². The van der Waals surface area contributed by atoms with Crippen LogP contribution in [0.2, 0.25) is 0 Å². The van der Waals surface area contributed by atoms with E-state index in [0.717, 1.165) is 19.4 Å². The summed E-state index contributed by atoms with van der Waals surface area (Å²) in [7, 11) is 1.34. The summed E-state index contributed by atoms with van der Waals surface area (Å²) in [4.78, 5) is 23.2. The van der Waals surface area contributed by atoms with Crippen molar-refractivity contribution in [1.82, 2.24) is 10.6 Å². The van der Waals surface area contributed by atoms with Crippen LogP contribution in [-0.2, 0) is 19.1 Å². The zero-order chi connectivity index (χ0) is 14.3. The lowest BCUT2D eigenvalue weighted by Crippen LogP contribution is -2.47. The number of rotatable bonds is 7. The average Bonchev–Trinajstić information content (AvgIpc) is 2.88. The van der Waals surface area contributed by atoms with Crippen molar-refractivity contribution in [2.24, 2.45) is 5.92 Å². The first kappa shape index (κ1) is 15.9. The van der Waals surface area contributed by atoms with Gasteiger partial charge in [-0.15, -0.1) is 0 Å². The molecule has 6 heteroatoms. The number of hydrogen-bond donors (Lipinski definition) is 2. The largest absolute Gasteiger partial charge is 0.468 e. The van der Waals surface area contributed by atoms with Crippen molar-refractivity contribution in [2.75, 3.05) is 26.8 Å². The fraction of sp³-hybridized carbons (Fsp3) is 0.846. The topological polar surface area (TPSA) is 76.7 Å². The van der Waals surface area contributed by atoms with Gasteiger partial charge in [-0.25, -0.2) is 0 Å². The van der Waals surface area contributed by atoms with Gasteiger partial charge >= 0.3 is 5.97 Å². The lowest BCUT2D eigenvalue weighted by Gasteiger charge is -2.19. The maximum Gasteiger partial charge on any atom is 0.323 e. The van der Waals surface area contributed by atoms with Gasteiger partial charge in [0.05, 0.1) is 19.8 Å². The van der Waals surface area contributed by atoms with Crippen molar-refractivity contribution < 1.29 is 19.1 Å². The van der Waals surface area contributed by atoms with E-state index >= 15 is 0 Å². The number of methoxy groups -OCH3 is 1. The Hall–Kier alpha value is -1.14. The van der Waals surface area contributed by atoms with E-state index < -0.39 is 6.04 Å². The van der Waals surface area contributed by atoms with E-state index in [1.54, 1.807) is 0 Å². The van der Waals surface area contributed by atoms with Crippen LogP contribution in [0, 0.1) is 5.92 Å². The molecule has 0 aromatic carbocycles. The third-order valence-corrected chi connectivity index (χ3v) is 3.16. The molecule has 1 aliphatic rings. The molecule has 110 valence electrons. The number of amides is 1. The van der Waals surface area contributed by atoms with E-state index in [0.29, 0.717) is 6.54 Å². The first-order chi connectivity index (χ1) is 9.04. The summed E-state index contributed by atoms with van der Waals surface area (Å²) in [5, 5.41) is 5.71. The van der Waals surface area contributed by atoms with Crippen molar-refractivity contribution in [3.63, 3.8) is 0 Å². The van der Waals surface area contributed by atoms with Crippen LogP contribution in [0.25, 0.3) is 0 Å². The monoisotopic (exact) mass is 272 g/mol. The minimum atomic E-state index is -0.460. The molecule has 0 spiro atoms. The van der Waals surface area contributed by atoms with Crippen LogP contribution in [0.4, 0.5) is 0 Å². The van der Waals surface area contributed by atoms with Gasteiger partial charge in [0.15, 0.2) is 0 Å². The predicted octanol–water partition coefficient (Wildman–Crippen LogP) is 0.0688. The Morgan fingerprint density at radius 3 is 2.68 bits per heavy atom. The molecule has 0 aliphatic carbocycles. The van der Waals surface area contributed by atoms with E-state index in [1.165, 1.54) is 7.11 Å². The van der Waals surface area contributed by atoms with Gasteiger partial charge in [-0.3, -0.25) is 14.9 Å². The summed E-state index contributed by atoms with van der Waals surface area (Å²) in [6, 6.07) is -0.460. The van der Waals surface area contributed by atoms with Crippen molar-refractivity contribution in [3.8, 4) is 0 Å². The summed E-state index contributed by atoms with van der Waals surface area (Å²) < 4.78 is 10.1. The van der Waals surface area contributed by atoms with E-state index in [-0.39, 0.29) is 30.4 Å². The molecule has 0 aromatic rings.